The number of aromatic hydroxyl groups is 1. The number of para-hydroxylation sites is 1. The number of halogens is 2. The monoisotopic (exact) mass is 346 g/mol. The summed E-state index contributed by atoms with van der Waals surface area (Å²) < 4.78 is 0. The molecule has 126 valence electrons. The van der Waals surface area contributed by atoms with Gasteiger partial charge in [-0.1, -0.05) is 38.0 Å². The van der Waals surface area contributed by atoms with Crippen LogP contribution >= 0.6 is 24.8 Å². The molecule has 1 aromatic rings. The third-order valence-electron chi connectivity index (χ3n) is 4.74. The number of phenolic OH excluding ortho intramolecular Hbond substituents is 1. The standard InChI is InChI=1S/C17H26N2O.2ClH/c1-2-14-4-3-5-15(17(14)20)16(12-13-6-7-13)19-10-8-18-9-11-19;;/h3-5,13,16,18,20H,2,6-12H2,1H3;2*1H/t16-;;/m1../s1. The summed E-state index contributed by atoms with van der Waals surface area (Å²) in [5.74, 6) is 1.42. The van der Waals surface area contributed by atoms with Gasteiger partial charge in [-0.2, -0.15) is 0 Å². The molecule has 1 atom stereocenters. The van der Waals surface area contributed by atoms with Crippen molar-refractivity contribution in [3.8, 4) is 5.75 Å². The van der Waals surface area contributed by atoms with Gasteiger partial charge in [-0.15, -0.1) is 24.8 Å². The lowest BCUT2D eigenvalue weighted by Crippen LogP contribution is -2.45. The van der Waals surface area contributed by atoms with E-state index in [0.717, 1.165) is 49.6 Å². The number of benzene rings is 1. The highest BCUT2D eigenvalue weighted by molar-refractivity contribution is 5.85. The lowest BCUT2D eigenvalue weighted by atomic mass is 9.95. The summed E-state index contributed by atoms with van der Waals surface area (Å²) in [4.78, 5) is 2.56. The first kappa shape index (κ1) is 19.6. The molecule has 1 heterocycles. The Labute approximate surface area is 146 Å². The highest BCUT2D eigenvalue weighted by Crippen LogP contribution is 2.42. The van der Waals surface area contributed by atoms with Gasteiger partial charge in [-0.05, 0) is 24.3 Å². The van der Waals surface area contributed by atoms with Crippen LogP contribution in [0.25, 0.3) is 0 Å². The van der Waals surface area contributed by atoms with Crippen molar-refractivity contribution in [2.75, 3.05) is 26.2 Å². The summed E-state index contributed by atoms with van der Waals surface area (Å²) >= 11 is 0. The molecule has 2 aliphatic rings. The summed E-state index contributed by atoms with van der Waals surface area (Å²) in [6.45, 7) is 6.42. The fourth-order valence-corrected chi connectivity index (χ4v) is 3.30. The first-order chi connectivity index (χ1) is 9.79. The van der Waals surface area contributed by atoms with Crippen LogP contribution in [0.5, 0.6) is 5.75 Å². The fourth-order valence-electron chi connectivity index (χ4n) is 3.30. The molecule has 0 unspecified atom stereocenters. The molecule has 1 aromatic carbocycles. The molecule has 22 heavy (non-hydrogen) atoms. The maximum atomic E-state index is 10.6. The second-order valence-corrected chi connectivity index (χ2v) is 6.19. The number of nitrogens with zero attached hydrogens (tertiary/aromatic N) is 1. The Balaban J connectivity index is 0.00000121. The quantitative estimate of drug-likeness (QED) is 0.855. The molecule has 3 rings (SSSR count). The molecule has 1 aliphatic carbocycles. The average molecular weight is 347 g/mol. The van der Waals surface area contributed by atoms with Gasteiger partial charge in [0.15, 0.2) is 0 Å². The molecule has 0 spiro atoms. The van der Waals surface area contributed by atoms with Gasteiger partial charge in [0.2, 0.25) is 0 Å². The average Bonchev–Trinajstić information content (AvgIpc) is 3.30. The summed E-state index contributed by atoms with van der Waals surface area (Å²) in [7, 11) is 0. The summed E-state index contributed by atoms with van der Waals surface area (Å²) in [6, 6.07) is 6.68. The lowest BCUT2D eigenvalue weighted by Gasteiger charge is -2.36. The predicted molar refractivity (Wildman–Crippen MR) is 96.5 cm³/mol. The minimum atomic E-state index is 0. The third-order valence-corrected chi connectivity index (χ3v) is 4.74. The van der Waals surface area contributed by atoms with Crippen LogP contribution in [-0.2, 0) is 6.42 Å². The van der Waals surface area contributed by atoms with Crippen molar-refractivity contribution in [2.45, 2.75) is 38.6 Å². The molecule has 2 N–H and O–H groups in total. The zero-order valence-electron chi connectivity index (χ0n) is 13.3. The van der Waals surface area contributed by atoms with Gasteiger partial charge in [0.05, 0.1) is 0 Å². The minimum Gasteiger partial charge on any atom is -0.507 e. The van der Waals surface area contributed by atoms with E-state index in [9.17, 15) is 5.11 Å². The number of aryl methyl sites for hydroxylation is 1. The smallest absolute Gasteiger partial charge is 0.123 e. The van der Waals surface area contributed by atoms with E-state index in [4.69, 9.17) is 0 Å². The number of piperazine rings is 1. The molecule has 0 bridgehead atoms. The second-order valence-electron chi connectivity index (χ2n) is 6.19. The van der Waals surface area contributed by atoms with Crippen LogP contribution in [0.1, 0.15) is 43.4 Å². The molecule has 0 amide bonds. The maximum absolute atomic E-state index is 10.6. The summed E-state index contributed by atoms with van der Waals surface area (Å²) in [6.07, 6.45) is 4.85. The third kappa shape index (κ3) is 4.51. The van der Waals surface area contributed by atoms with E-state index in [1.165, 1.54) is 19.3 Å². The minimum absolute atomic E-state index is 0. The predicted octanol–water partition coefficient (Wildman–Crippen LogP) is 3.54. The van der Waals surface area contributed by atoms with E-state index in [2.05, 4.69) is 29.3 Å². The Morgan fingerprint density at radius 2 is 1.91 bits per heavy atom. The second kappa shape index (κ2) is 8.97. The Kier molecular flexibility index (Phi) is 7.98. The van der Waals surface area contributed by atoms with Gasteiger partial charge in [0.1, 0.15) is 5.75 Å². The molecular weight excluding hydrogens is 319 g/mol. The van der Waals surface area contributed by atoms with Crippen LogP contribution in [0, 0.1) is 5.92 Å². The van der Waals surface area contributed by atoms with Crippen molar-refractivity contribution in [1.29, 1.82) is 0 Å². The van der Waals surface area contributed by atoms with Gasteiger partial charge in [-0.3, -0.25) is 4.90 Å². The number of rotatable bonds is 5. The zero-order valence-corrected chi connectivity index (χ0v) is 14.9. The molecular formula is C17H28Cl2N2O. The van der Waals surface area contributed by atoms with Crippen LogP contribution < -0.4 is 5.32 Å². The molecule has 0 radical (unpaired) electrons. The number of nitrogens with one attached hydrogen (secondary N) is 1. The molecule has 3 nitrogen and oxygen atoms in total. The SMILES string of the molecule is CCc1cccc([C@@H](CC2CC2)N2CCNCC2)c1O.Cl.Cl. The van der Waals surface area contributed by atoms with Gasteiger partial charge < -0.3 is 10.4 Å². The Hall–Kier alpha value is -0.480. The largest absolute Gasteiger partial charge is 0.507 e. The van der Waals surface area contributed by atoms with Crippen molar-refractivity contribution in [3.05, 3.63) is 29.3 Å². The normalized spacial score (nSPS) is 19.9. The van der Waals surface area contributed by atoms with Crippen molar-refractivity contribution in [2.24, 2.45) is 5.92 Å². The highest BCUT2D eigenvalue weighted by Gasteiger charge is 2.31. The number of phenols is 1. The Morgan fingerprint density at radius 3 is 2.50 bits per heavy atom. The van der Waals surface area contributed by atoms with Crippen LogP contribution in [0.4, 0.5) is 0 Å². The molecule has 1 aliphatic heterocycles. The molecule has 0 aromatic heterocycles. The van der Waals surface area contributed by atoms with Crippen LogP contribution in [0.2, 0.25) is 0 Å². The highest BCUT2D eigenvalue weighted by atomic mass is 35.5. The molecule has 1 saturated heterocycles. The Bertz CT molecular complexity index is 460. The van der Waals surface area contributed by atoms with Gasteiger partial charge in [0, 0.05) is 37.8 Å². The topological polar surface area (TPSA) is 35.5 Å². The van der Waals surface area contributed by atoms with Crippen LogP contribution in [0.15, 0.2) is 18.2 Å². The number of hydrogen-bond donors (Lipinski definition) is 2. The van der Waals surface area contributed by atoms with E-state index in [1.807, 2.05) is 6.07 Å². The van der Waals surface area contributed by atoms with Crippen molar-refractivity contribution in [1.82, 2.24) is 10.2 Å². The summed E-state index contributed by atoms with van der Waals surface area (Å²) in [5.41, 5.74) is 2.23. The van der Waals surface area contributed by atoms with E-state index < -0.39 is 0 Å². The van der Waals surface area contributed by atoms with Crippen LogP contribution in [0.3, 0.4) is 0 Å². The van der Waals surface area contributed by atoms with Gasteiger partial charge in [-0.25, -0.2) is 0 Å². The molecule has 1 saturated carbocycles. The van der Waals surface area contributed by atoms with Crippen molar-refractivity contribution >= 4 is 24.8 Å². The Morgan fingerprint density at radius 1 is 1.23 bits per heavy atom. The van der Waals surface area contributed by atoms with Crippen LogP contribution in [-0.4, -0.2) is 36.2 Å². The van der Waals surface area contributed by atoms with E-state index in [1.54, 1.807) is 0 Å². The van der Waals surface area contributed by atoms with E-state index in [0.29, 0.717) is 11.8 Å². The summed E-state index contributed by atoms with van der Waals surface area (Å²) in [5, 5.41) is 14.0. The fraction of sp³-hybridized carbons (Fsp3) is 0.647. The zero-order chi connectivity index (χ0) is 13.9. The maximum Gasteiger partial charge on any atom is 0.123 e. The molecule has 2 fully saturated rings. The number of hydrogen-bond acceptors (Lipinski definition) is 3. The van der Waals surface area contributed by atoms with Gasteiger partial charge in [0.25, 0.3) is 0 Å². The van der Waals surface area contributed by atoms with Crippen molar-refractivity contribution in [3.63, 3.8) is 0 Å². The first-order valence-electron chi connectivity index (χ1n) is 8.05. The lowest BCUT2D eigenvalue weighted by molar-refractivity contribution is 0.158. The van der Waals surface area contributed by atoms with E-state index in [-0.39, 0.29) is 24.8 Å². The molecule has 5 heteroatoms. The van der Waals surface area contributed by atoms with Gasteiger partial charge >= 0.3 is 0 Å². The van der Waals surface area contributed by atoms with E-state index >= 15 is 0 Å². The first-order valence-corrected chi connectivity index (χ1v) is 8.05. The van der Waals surface area contributed by atoms with Crippen molar-refractivity contribution < 1.29 is 5.11 Å².